The van der Waals surface area contributed by atoms with Crippen LogP contribution in [0.4, 0.5) is 4.39 Å². The minimum Gasteiger partial charge on any atom is -0.494 e. The van der Waals surface area contributed by atoms with Gasteiger partial charge in [0, 0.05) is 5.33 Å². The van der Waals surface area contributed by atoms with Crippen molar-refractivity contribution in [2.75, 3.05) is 11.9 Å². The Morgan fingerprint density at radius 3 is 2.55 bits per heavy atom. The molecular formula is C17H18BrFO. The fourth-order valence-corrected chi connectivity index (χ4v) is 2.64. The smallest absolute Gasteiger partial charge is 0.123 e. The third-order valence-electron chi connectivity index (χ3n) is 3.17. The molecule has 0 saturated carbocycles. The van der Waals surface area contributed by atoms with E-state index in [0.717, 1.165) is 29.5 Å². The number of hydrogen-bond donors (Lipinski definition) is 0. The third-order valence-corrected chi connectivity index (χ3v) is 4.09. The maximum absolute atomic E-state index is 13.2. The van der Waals surface area contributed by atoms with Gasteiger partial charge >= 0.3 is 0 Å². The number of para-hydroxylation sites is 1. The van der Waals surface area contributed by atoms with Crippen LogP contribution in [0.5, 0.6) is 5.75 Å². The second kappa shape index (κ2) is 8.05. The van der Waals surface area contributed by atoms with Crippen molar-refractivity contribution in [3.05, 3.63) is 66.0 Å². The molecule has 0 aliphatic heterocycles. The van der Waals surface area contributed by atoms with Gasteiger partial charge in [0.15, 0.2) is 0 Å². The lowest BCUT2D eigenvalue weighted by Gasteiger charge is -2.15. The van der Waals surface area contributed by atoms with Crippen molar-refractivity contribution in [1.29, 1.82) is 0 Å². The van der Waals surface area contributed by atoms with E-state index in [2.05, 4.69) is 15.9 Å². The lowest BCUT2D eigenvalue weighted by Crippen LogP contribution is -2.11. The molecule has 0 N–H and O–H groups in total. The van der Waals surface area contributed by atoms with Crippen LogP contribution in [0, 0.1) is 11.7 Å². The van der Waals surface area contributed by atoms with E-state index in [9.17, 15) is 4.39 Å². The van der Waals surface area contributed by atoms with Gasteiger partial charge in [-0.2, -0.15) is 0 Å². The van der Waals surface area contributed by atoms with Crippen LogP contribution in [-0.2, 0) is 6.42 Å². The molecule has 20 heavy (non-hydrogen) atoms. The van der Waals surface area contributed by atoms with E-state index in [1.54, 1.807) is 12.1 Å². The average Bonchev–Trinajstić information content (AvgIpc) is 2.47. The average molecular weight is 337 g/mol. The van der Waals surface area contributed by atoms with Crippen LogP contribution in [0.1, 0.15) is 12.0 Å². The number of benzene rings is 2. The van der Waals surface area contributed by atoms with Crippen LogP contribution in [0.2, 0.25) is 0 Å². The first-order valence-corrected chi connectivity index (χ1v) is 7.88. The van der Waals surface area contributed by atoms with Crippen LogP contribution < -0.4 is 4.74 Å². The zero-order chi connectivity index (χ0) is 14.2. The molecule has 1 atom stereocenters. The second-order valence-corrected chi connectivity index (χ2v) is 5.45. The van der Waals surface area contributed by atoms with Gasteiger partial charge in [-0.15, -0.1) is 0 Å². The summed E-state index contributed by atoms with van der Waals surface area (Å²) in [5, 5.41) is 0.891. The van der Waals surface area contributed by atoms with Crippen LogP contribution >= 0.6 is 15.9 Å². The molecule has 2 aromatic rings. The van der Waals surface area contributed by atoms with Crippen molar-refractivity contribution >= 4 is 15.9 Å². The molecule has 0 radical (unpaired) electrons. The molecule has 0 aromatic heterocycles. The summed E-state index contributed by atoms with van der Waals surface area (Å²) < 4.78 is 18.9. The highest BCUT2D eigenvalue weighted by Crippen LogP contribution is 2.17. The maximum atomic E-state index is 13.2. The number of ether oxygens (including phenoxy) is 1. The topological polar surface area (TPSA) is 9.23 Å². The normalized spacial score (nSPS) is 12.1. The summed E-state index contributed by atoms with van der Waals surface area (Å²) in [6, 6.07) is 16.6. The molecule has 0 aliphatic rings. The Bertz CT molecular complexity index is 515. The number of rotatable bonds is 7. The quantitative estimate of drug-likeness (QED) is 0.657. The number of alkyl halides is 1. The van der Waals surface area contributed by atoms with Gasteiger partial charge in [-0.1, -0.05) is 46.3 Å². The largest absolute Gasteiger partial charge is 0.494 e. The summed E-state index contributed by atoms with van der Waals surface area (Å²) in [4.78, 5) is 0. The van der Waals surface area contributed by atoms with Crippen molar-refractivity contribution < 1.29 is 9.13 Å². The second-order valence-electron chi connectivity index (χ2n) is 4.80. The Balaban J connectivity index is 1.80. The summed E-state index contributed by atoms with van der Waals surface area (Å²) in [5.74, 6) is 1.17. The van der Waals surface area contributed by atoms with E-state index in [1.807, 2.05) is 36.4 Å². The highest BCUT2D eigenvalue weighted by atomic mass is 79.9. The SMILES string of the molecule is Fc1cccc(CC(CBr)CCOc2ccccc2)c1. The minimum atomic E-state index is -0.170. The lowest BCUT2D eigenvalue weighted by atomic mass is 9.98. The van der Waals surface area contributed by atoms with Crippen molar-refractivity contribution in [3.8, 4) is 5.75 Å². The Morgan fingerprint density at radius 1 is 1.05 bits per heavy atom. The fourth-order valence-electron chi connectivity index (χ4n) is 2.09. The van der Waals surface area contributed by atoms with Gasteiger partial charge in [0.05, 0.1) is 6.61 Å². The predicted molar refractivity (Wildman–Crippen MR) is 83.9 cm³/mol. The zero-order valence-corrected chi connectivity index (χ0v) is 12.9. The molecule has 0 amide bonds. The molecule has 1 nitrogen and oxygen atoms in total. The number of halogens is 2. The zero-order valence-electron chi connectivity index (χ0n) is 11.3. The molecule has 106 valence electrons. The molecule has 0 saturated heterocycles. The van der Waals surface area contributed by atoms with Gasteiger partial charge in [-0.25, -0.2) is 4.39 Å². The molecule has 0 aliphatic carbocycles. The molecule has 0 heterocycles. The predicted octanol–water partition coefficient (Wildman–Crippen LogP) is 4.85. The van der Waals surface area contributed by atoms with Gasteiger partial charge in [0.1, 0.15) is 11.6 Å². The van der Waals surface area contributed by atoms with E-state index in [4.69, 9.17) is 4.74 Å². The van der Waals surface area contributed by atoms with Gasteiger partial charge in [-0.05, 0) is 48.6 Å². The standard InChI is InChI=1S/C17H18BrFO/c18-13-15(11-14-5-4-6-16(19)12-14)9-10-20-17-7-2-1-3-8-17/h1-8,12,15H,9-11,13H2. The van der Waals surface area contributed by atoms with E-state index in [1.165, 1.54) is 6.07 Å². The van der Waals surface area contributed by atoms with Crippen LogP contribution in [0.25, 0.3) is 0 Å². The van der Waals surface area contributed by atoms with Crippen molar-refractivity contribution in [2.45, 2.75) is 12.8 Å². The Kier molecular flexibility index (Phi) is 6.06. The van der Waals surface area contributed by atoms with Gasteiger partial charge in [0.25, 0.3) is 0 Å². The molecule has 0 fully saturated rings. The van der Waals surface area contributed by atoms with Crippen molar-refractivity contribution in [2.24, 2.45) is 5.92 Å². The monoisotopic (exact) mass is 336 g/mol. The van der Waals surface area contributed by atoms with E-state index < -0.39 is 0 Å². The van der Waals surface area contributed by atoms with Crippen LogP contribution in [-0.4, -0.2) is 11.9 Å². The first-order chi connectivity index (χ1) is 9.78. The van der Waals surface area contributed by atoms with E-state index in [-0.39, 0.29) is 5.82 Å². The Morgan fingerprint density at radius 2 is 1.85 bits per heavy atom. The first kappa shape index (κ1) is 15.0. The van der Waals surface area contributed by atoms with Crippen molar-refractivity contribution in [3.63, 3.8) is 0 Å². The highest BCUT2D eigenvalue weighted by Gasteiger charge is 2.09. The summed E-state index contributed by atoms with van der Waals surface area (Å²) >= 11 is 3.53. The molecular weight excluding hydrogens is 319 g/mol. The maximum Gasteiger partial charge on any atom is 0.123 e. The van der Waals surface area contributed by atoms with E-state index in [0.29, 0.717) is 12.5 Å². The summed E-state index contributed by atoms with van der Waals surface area (Å²) in [6.07, 6.45) is 1.80. The summed E-state index contributed by atoms with van der Waals surface area (Å²) in [6.45, 7) is 0.676. The Labute approximate surface area is 127 Å². The third kappa shape index (κ3) is 4.97. The van der Waals surface area contributed by atoms with E-state index >= 15 is 0 Å². The van der Waals surface area contributed by atoms with Gasteiger partial charge in [-0.3, -0.25) is 0 Å². The lowest BCUT2D eigenvalue weighted by molar-refractivity contribution is 0.285. The summed E-state index contributed by atoms with van der Waals surface area (Å²) in [7, 11) is 0. The highest BCUT2D eigenvalue weighted by molar-refractivity contribution is 9.09. The molecule has 0 bridgehead atoms. The molecule has 3 heteroatoms. The van der Waals surface area contributed by atoms with Gasteiger partial charge in [0.2, 0.25) is 0 Å². The minimum absolute atomic E-state index is 0.170. The van der Waals surface area contributed by atoms with Crippen LogP contribution in [0.3, 0.4) is 0 Å². The molecule has 0 spiro atoms. The summed E-state index contributed by atoms with van der Waals surface area (Å²) in [5.41, 5.74) is 1.04. The molecule has 1 unspecified atom stereocenters. The number of hydrogen-bond acceptors (Lipinski definition) is 1. The van der Waals surface area contributed by atoms with Crippen molar-refractivity contribution in [1.82, 2.24) is 0 Å². The first-order valence-electron chi connectivity index (χ1n) is 6.76. The molecule has 2 rings (SSSR count). The molecule has 2 aromatic carbocycles. The fraction of sp³-hybridized carbons (Fsp3) is 0.294. The Hall–Kier alpha value is -1.35. The van der Waals surface area contributed by atoms with Crippen LogP contribution in [0.15, 0.2) is 54.6 Å². The van der Waals surface area contributed by atoms with Gasteiger partial charge < -0.3 is 4.74 Å².